The van der Waals surface area contributed by atoms with Crippen molar-refractivity contribution >= 4 is 35.8 Å². The van der Waals surface area contributed by atoms with Gasteiger partial charge in [-0.3, -0.25) is 0 Å². The van der Waals surface area contributed by atoms with Crippen molar-refractivity contribution < 1.29 is 17.6 Å². The van der Waals surface area contributed by atoms with Gasteiger partial charge >= 0.3 is 0 Å². The molecule has 3 rings (SSSR count). The summed E-state index contributed by atoms with van der Waals surface area (Å²) in [7, 11) is -1.98. The largest absolute Gasteiger partial charge is 0.417 e. The fourth-order valence-electron chi connectivity index (χ4n) is 3.20. The average Bonchev–Trinajstić information content (AvgIpc) is 3.23. The number of hydrogen-bond acceptors (Lipinski definition) is 2. The summed E-state index contributed by atoms with van der Waals surface area (Å²) < 4.78 is 50.1. The molecule has 0 radical (unpaired) electrons. The Hall–Kier alpha value is -1.61. The molecule has 0 saturated carbocycles. The molecular weight excluding hydrogens is 545 g/mol. The van der Waals surface area contributed by atoms with Gasteiger partial charge in [-0.25, -0.2) is 18.2 Å². The first kappa shape index (κ1) is 27.0. The Morgan fingerprint density at radius 3 is 2.41 bits per heavy atom. The number of imidazole rings is 1. The summed E-state index contributed by atoms with van der Waals surface area (Å²) in [6, 6.07) is 9.06. The highest BCUT2D eigenvalue weighted by Gasteiger charge is 2.38. The van der Waals surface area contributed by atoms with E-state index < -0.39 is 14.2 Å². The second-order valence-electron chi connectivity index (χ2n) is 9.89. The topological polar surface area (TPSA) is 37.9 Å². The summed E-state index contributed by atoms with van der Waals surface area (Å²) in [6.45, 7) is 10.9. The predicted molar refractivity (Wildman–Crippen MR) is 138 cm³/mol. The van der Waals surface area contributed by atoms with Gasteiger partial charge in [0.2, 0.25) is 0 Å². The number of aromatic amines is 1. The van der Waals surface area contributed by atoms with Crippen LogP contribution in [0.15, 0.2) is 47.1 Å². The quantitative estimate of drug-likeness (QED) is 0.215. The van der Waals surface area contributed by atoms with Crippen LogP contribution < -0.4 is 0 Å². The highest BCUT2D eigenvalue weighted by atomic mass is 79.9. The number of aromatic nitrogens is 2. The van der Waals surface area contributed by atoms with E-state index >= 15 is 8.78 Å². The molecule has 0 spiro atoms. The minimum Gasteiger partial charge on any atom is -0.417 e. The summed E-state index contributed by atoms with van der Waals surface area (Å²) in [4.78, 5) is 7.44. The Morgan fingerprint density at radius 1 is 1.09 bits per heavy atom. The molecular formula is C25H29BrClF3N2OSi. The Kier molecular flexibility index (Phi) is 8.07. The zero-order valence-corrected chi connectivity index (χ0v) is 23.2. The maximum Gasteiger partial charge on any atom is 0.274 e. The van der Waals surface area contributed by atoms with E-state index in [1.54, 1.807) is 24.4 Å². The van der Waals surface area contributed by atoms with Crippen molar-refractivity contribution in [1.29, 1.82) is 0 Å². The summed E-state index contributed by atoms with van der Waals surface area (Å²) in [6.07, 6.45) is 1.45. The molecule has 0 aliphatic rings. The predicted octanol–water partition coefficient (Wildman–Crippen LogP) is 9.19. The van der Waals surface area contributed by atoms with Crippen molar-refractivity contribution in [3.05, 3.63) is 63.5 Å². The van der Waals surface area contributed by atoms with Crippen LogP contribution in [0.25, 0.3) is 22.6 Å². The molecule has 0 amide bonds. The van der Waals surface area contributed by atoms with E-state index in [1.165, 1.54) is 18.2 Å². The maximum absolute atomic E-state index is 15.1. The van der Waals surface area contributed by atoms with Gasteiger partial charge in [-0.05, 0) is 76.9 Å². The molecule has 3 aromatic rings. The normalized spacial score (nSPS) is 12.9. The second-order valence-corrected chi connectivity index (χ2v) is 16.0. The van der Waals surface area contributed by atoms with E-state index in [0.29, 0.717) is 27.1 Å². The minimum atomic E-state index is -3.11. The van der Waals surface area contributed by atoms with Crippen molar-refractivity contribution in [2.45, 2.75) is 57.7 Å². The van der Waals surface area contributed by atoms with E-state index in [4.69, 9.17) is 16.0 Å². The summed E-state index contributed by atoms with van der Waals surface area (Å²) in [5, 5.41) is 0.0345. The van der Waals surface area contributed by atoms with Crippen LogP contribution in [-0.2, 0) is 10.3 Å². The second kappa shape index (κ2) is 10.2. The van der Waals surface area contributed by atoms with Crippen LogP contribution in [0.2, 0.25) is 23.2 Å². The van der Waals surface area contributed by atoms with E-state index in [-0.39, 0.29) is 40.9 Å². The Morgan fingerprint density at radius 2 is 1.76 bits per heavy atom. The number of nitrogens with zero attached hydrogens (tertiary/aromatic N) is 1. The molecule has 3 nitrogen and oxygen atoms in total. The summed E-state index contributed by atoms with van der Waals surface area (Å²) in [5.74, 6) is -3.06. The highest BCUT2D eigenvalue weighted by molar-refractivity contribution is 9.10. The number of benzene rings is 2. The van der Waals surface area contributed by atoms with Gasteiger partial charge in [0.1, 0.15) is 11.6 Å². The Balaban J connectivity index is 1.75. The monoisotopic (exact) mass is 572 g/mol. The zero-order valence-electron chi connectivity index (χ0n) is 19.9. The average molecular weight is 574 g/mol. The first-order chi connectivity index (χ1) is 15.7. The SMILES string of the molecule is CC(C)(C)[Si](C)(C)OCCCC(F)(F)c1cc(-c2ncc(-c3ccc(F)c(Br)c3)[nH]2)ccc1Cl. The molecule has 0 bridgehead atoms. The molecule has 0 unspecified atom stereocenters. The van der Waals surface area contributed by atoms with Crippen molar-refractivity contribution in [3.63, 3.8) is 0 Å². The lowest BCUT2D eigenvalue weighted by Crippen LogP contribution is -2.41. The van der Waals surface area contributed by atoms with Crippen LogP contribution in [0.1, 0.15) is 39.2 Å². The van der Waals surface area contributed by atoms with Gasteiger partial charge in [0.05, 0.1) is 16.4 Å². The first-order valence-corrected chi connectivity index (χ1v) is 15.1. The Bertz CT molecular complexity index is 1160. The smallest absolute Gasteiger partial charge is 0.274 e. The molecule has 1 N–H and O–H groups in total. The lowest BCUT2D eigenvalue weighted by atomic mass is 10.0. The molecule has 0 saturated heterocycles. The van der Waals surface area contributed by atoms with Gasteiger partial charge in [0, 0.05) is 34.7 Å². The first-order valence-electron chi connectivity index (χ1n) is 11.0. The lowest BCUT2D eigenvalue weighted by molar-refractivity contribution is -0.0183. The van der Waals surface area contributed by atoms with Gasteiger partial charge in [-0.1, -0.05) is 32.4 Å². The standard InChI is InChI=1S/C25H29BrClF3N2OSi/c1-24(2,3)34(4,5)33-12-6-11-25(29,30)18-13-17(7-9-20(18)27)23-31-15-22(32-23)16-8-10-21(28)19(26)14-16/h7-10,13-15H,6,11-12H2,1-5H3,(H,31,32). The lowest BCUT2D eigenvalue weighted by Gasteiger charge is -2.36. The zero-order chi connectivity index (χ0) is 25.3. The number of halogens is 5. The molecule has 0 atom stereocenters. The molecule has 0 fully saturated rings. The number of nitrogens with one attached hydrogen (secondary N) is 1. The third-order valence-electron chi connectivity index (χ3n) is 6.34. The van der Waals surface area contributed by atoms with Crippen LogP contribution in [-0.4, -0.2) is 24.9 Å². The molecule has 1 aromatic heterocycles. The number of rotatable bonds is 8. The fourth-order valence-corrected chi connectivity index (χ4v) is 4.93. The van der Waals surface area contributed by atoms with E-state index in [9.17, 15) is 4.39 Å². The van der Waals surface area contributed by atoms with Crippen LogP contribution in [0.3, 0.4) is 0 Å². The van der Waals surface area contributed by atoms with Crippen LogP contribution >= 0.6 is 27.5 Å². The van der Waals surface area contributed by atoms with E-state index in [1.807, 2.05) is 0 Å². The highest BCUT2D eigenvalue weighted by Crippen LogP contribution is 2.40. The molecule has 34 heavy (non-hydrogen) atoms. The molecule has 9 heteroatoms. The Labute approximate surface area is 213 Å². The van der Waals surface area contributed by atoms with Crippen LogP contribution in [0.5, 0.6) is 0 Å². The number of hydrogen-bond donors (Lipinski definition) is 1. The van der Waals surface area contributed by atoms with E-state index in [2.05, 4.69) is 59.8 Å². The number of H-pyrrole nitrogens is 1. The van der Waals surface area contributed by atoms with E-state index in [0.717, 1.165) is 0 Å². The summed E-state index contributed by atoms with van der Waals surface area (Å²) in [5.41, 5.74) is 1.61. The van der Waals surface area contributed by atoms with Crippen molar-refractivity contribution in [1.82, 2.24) is 9.97 Å². The van der Waals surface area contributed by atoms with Crippen molar-refractivity contribution in [2.75, 3.05) is 6.61 Å². The van der Waals surface area contributed by atoms with Gasteiger partial charge in [-0.15, -0.1) is 0 Å². The van der Waals surface area contributed by atoms with Crippen LogP contribution in [0, 0.1) is 5.82 Å². The molecule has 2 aromatic carbocycles. The minimum absolute atomic E-state index is 0.00769. The molecule has 1 heterocycles. The molecule has 184 valence electrons. The van der Waals surface area contributed by atoms with Gasteiger partial charge in [-0.2, -0.15) is 0 Å². The fraction of sp³-hybridized carbons (Fsp3) is 0.400. The van der Waals surface area contributed by atoms with Crippen molar-refractivity contribution in [3.8, 4) is 22.6 Å². The molecule has 0 aliphatic carbocycles. The van der Waals surface area contributed by atoms with Crippen LogP contribution in [0.4, 0.5) is 13.2 Å². The van der Waals surface area contributed by atoms with Gasteiger partial charge in [0.25, 0.3) is 5.92 Å². The van der Waals surface area contributed by atoms with Crippen molar-refractivity contribution in [2.24, 2.45) is 0 Å². The molecule has 0 aliphatic heterocycles. The van der Waals surface area contributed by atoms with Gasteiger partial charge in [0.15, 0.2) is 8.32 Å². The maximum atomic E-state index is 15.1. The third-order valence-corrected chi connectivity index (χ3v) is 11.8. The third kappa shape index (κ3) is 6.14. The van der Waals surface area contributed by atoms with Gasteiger partial charge < -0.3 is 9.41 Å². The summed E-state index contributed by atoms with van der Waals surface area (Å²) >= 11 is 9.34. The number of alkyl halides is 2.